The molecule has 0 aromatic carbocycles. The van der Waals surface area contributed by atoms with Gasteiger partial charge in [0, 0.05) is 6.04 Å². The highest BCUT2D eigenvalue weighted by molar-refractivity contribution is 4.88. The Hall–Kier alpha value is -0.0800. The van der Waals surface area contributed by atoms with Crippen LogP contribution in [0.15, 0.2) is 0 Å². The minimum Gasteiger partial charge on any atom is -0.330 e. The molecule has 0 amide bonds. The minimum atomic E-state index is 0.768. The van der Waals surface area contributed by atoms with E-state index in [0.29, 0.717) is 0 Å². The van der Waals surface area contributed by atoms with E-state index in [1.54, 1.807) is 0 Å². The Morgan fingerprint density at radius 3 is 2.44 bits per heavy atom. The molecule has 1 aliphatic carbocycles. The van der Waals surface area contributed by atoms with E-state index in [0.717, 1.165) is 30.3 Å². The molecule has 0 aromatic rings. The van der Waals surface area contributed by atoms with Crippen LogP contribution in [0.3, 0.4) is 0 Å². The van der Waals surface area contributed by atoms with Crippen molar-refractivity contribution < 1.29 is 0 Å². The van der Waals surface area contributed by atoms with Gasteiger partial charge >= 0.3 is 0 Å². The van der Waals surface area contributed by atoms with Crippen molar-refractivity contribution in [2.24, 2.45) is 23.5 Å². The highest BCUT2D eigenvalue weighted by atomic mass is 15.2. The van der Waals surface area contributed by atoms with Gasteiger partial charge in [-0.1, -0.05) is 33.1 Å². The summed E-state index contributed by atoms with van der Waals surface area (Å²) in [6, 6.07) is 0.793. The van der Waals surface area contributed by atoms with Crippen LogP contribution in [0.5, 0.6) is 0 Å². The summed E-state index contributed by atoms with van der Waals surface area (Å²) in [5, 5.41) is 0. The zero-order valence-electron chi connectivity index (χ0n) is 12.4. The summed E-state index contributed by atoms with van der Waals surface area (Å²) in [5.74, 6) is 2.68. The van der Waals surface area contributed by atoms with Crippen molar-refractivity contribution in [3.05, 3.63) is 0 Å². The Balaban J connectivity index is 1.86. The van der Waals surface area contributed by atoms with Crippen LogP contribution < -0.4 is 5.73 Å². The minimum absolute atomic E-state index is 0.768. The molecule has 0 radical (unpaired) electrons. The first-order valence-corrected chi connectivity index (χ1v) is 8.18. The molecule has 0 bridgehead atoms. The highest BCUT2D eigenvalue weighted by Gasteiger charge is 2.33. The van der Waals surface area contributed by atoms with E-state index in [9.17, 15) is 0 Å². The number of piperidine rings is 1. The molecule has 0 spiro atoms. The van der Waals surface area contributed by atoms with E-state index >= 15 is 0 Å². The largest absolute Gasteiger partial charge is 0.330 e. The van der Waals surface area contributed by atoms with Crippen molar-refractivity contribution in [1.82, 2.24) is 4.90 Å². The molecule has 3 atom stereocenters. The van der Waals surface area contributed by atoms with Gasteiger partial charge in [0.25, 0.3) is 0 Å². The lowest BCUT2D eigenvalue weighted by molar-refractivity contribution is 0.0543. The van der Waals surface area contributed by atoms with E-state index in [1.165, 1.54) is 58.0 Å². The van der Waals surface area contributed by atoms with Crippen molar-refractivity contribution >= 4 is 0 Å². The molecule has 2 N–H and O–H groups in total. The number of rotatable bonds is 4. The van der Waals surface area contributed by atoms with Crippen LogP contribution in [0.25, 0.3) is 0 Å². The summed E-state index contributed by atoms with van der Waals surface area (Å²) >= 11 is 0. The van der Waals surface area contributed by atoms with Gasteiger partial charge in [-0.3, -0.25) is 0 Å². The topological polar surface area (TPSA) is 29.3 Å². The predicted octanol–water partition coefficient (Wildman–Crippen LogP) is 3.26. The van der Waals surface area contributed by atoms with Gasteiger partial charge in [-0.05, 0) is 63.1 Å². The molecule has 2 heteroatoms. The third kappa shape index (κ3) is 3.48. The lowest BCUT2D eigenvalue weighted by Crippen LogP contribution is -2.49. The van der Waals surface area contributed by atoms with Crippen molar-refractivity contribution in [3.8, 4) is 0 Å². The number of nitrogens with zero attached hydrogens (tertiary/aromatic N) is 1. The monoisotopic (exact) mass is 252 g/mol. The number of likely N-dealkylation sites (tertiary alicyclic amines) is 1. The van der Waals surface area contributed by atoms with Crippen molar-refractivity contribution in [3.63, 3.8) is 0 Å². The summed E-state index contributed by atoms with van der Waals surface area (Å²) in [7, 11) is 0. The molecule has 2 aliphatic rings. The molecule has 2 rings (SSSR count). The van der Waals surface area contributed by atoms with Crippen LogP contribution in [-0.2, 0) is 0 Å². The third-order valence-corrected chi connectivity index (χ3v) is 5.34. The summed E-state index contributed by atoms with van der Waals surface area (Å²) < 4.78 is 0. The van der Waals surface area contributed by atoms with Crippen LogP contribution in [0.2, 0.25) is 0 Å². The second-order valence-corrected chi connectivity index (χ2v) is 6.75. The van der Waals surface area contributed by atoms with Gasteiger partial charge in [-0.2, -0.15) is 0 Å². The summed E-state index contributed by atoms with van der Waals surface area (Å²) in [6.07, 6.45) is 9.79. The maximum absolute atomic E-state index is 5.99. The smallest absolute Gasteiger partial charge is 0.0138 e. The summed E-state index contributed by atoms with van der Waals surface area (Å²) in [4.78, 5) is 2.78. The van der Waals surface area contributed by atoms with Crippen LogP contribution in [0.4, 0.5) is 0 Å². The molecule has 2 fully saturated rings. The van der Waals surface area contributed by atoms with E-state index in [2.05, 4.69) is 18.7 Å². The fourth-order valence-electron chi connectivity index (χ4n) is 4.12. The molecule has 1 heterocycles. The average Bonchev–Trinajstić information content (AvgIpc) is 2.40. The normalized spacial score (nSPS) is 35.8. The van der Waals surface area contributed by atoms with Gasteiger partial charge in [0.1, 0.15) is 0 Å². The van der Waals surface area contributed by atoms with E-state index in [1.807, 2.05) is 0 Å². The maximum Gasteiger partial charge on any atom is 0.0138 e. The van der Waals surface area contributed by atoms with Crippen LogP contribution >= 0.6 is 0 Å². The Labute approximate surface area is 113 Å². The van der Waals surface area contributed by atoms with Crippen molar-refractivity contribution in [2.75, 3.05) is 19.6 Å². The molecule has 18 heavy (non-hydrogen) atoms. The second-order valence-electron chi connectivity index (χ2n) is 6.75. The van der Waals surface area contributed by atoms with E-state index < -0.39 is 0 Å². The molecular formula is C16H32N2. The number of hydrogen-bond acceptors (Lipinski definition) is 2. The van der Waals surface area contributed by atoms with Crippen LogP contribution in [0.1, 0.15) is 58.8 Å². The van der Waals surface area contributed by atoms with Gasteiger partial charge in [-0.15, -0.1) is 0 Å². The molecule has 1 aliphatic heterocycles. The first kappa shape index (κ1) is 14.3. The Bertz CT molecular complexity index is 233. The fourth-order valence-corrected chi connectivity index (χ4v) is 4.12. The first-order valence-electron chi connectivity index (χ1n) is 8.18. The first-order chi connectivity index (χ1) is 8.74. The third-order valence-electron chi connectivity index (χ3n) is 5.34. The molecule has 106 valence electrons. The van der Waals surface area contributed by atoms with Crippen molar-refractivity contribution in [2.45, 2.75) is 64.8 Å². The Kier molecular flexibility index (Phi) is 5.50. The summed E-state index contributed by atoms with van der Waals surface area (Å²) in [5.41, 5.74) is 5.99. The van der Waals surface area contributed by atoms with Crippen LogP contribution in [0, 0.1) is 17.8 Å². The molecular weight excluding hydrogens is 220 g/mol. The Morgan fingerprint density at radius 1 is 1.11 bits per heavy atom. The average molecular weight is 252 g/mol. The number of hydrogen-bond donors (Lipinski definition) is 1. The lowest BCUT2D eigenvalue weighted by Gasteiger charge is -2.44. The molecule has 2 nitrogen and oxygen atoms in total. The van der Waals surface area contributed by atoms with Gasteiger partial charge in [0.2, 0.25) is 0 Å². The lowest BCUT2D eigenvalue weighted by atomic mass is 9.77. The SMILES string of the molecule is CCCC1CCN(C2CC(C)CCC2CN)CC1. The quantitative estimate of drug-likeness (QED) is 0.832. The van der Waals surface area contributed by atoms with E-state index in [-0.39, 0.29) is 0 Å². The molecule has 3 unspecified atom stereocenters. The van der Waals surface area contributed by atoms with Gasteiger partial charge in [-0.25, -0.2) is 0 Å². The maximum atomic E-state index is 5.99. The summed E-state index contributed by atoms with van der Waals surface area (Å²) in [6.45, 7) is 8.30. The zero-order valence-corrected chi connectivity index (χ0v) is 12.4. The van der Waals surface area contributed by atoms with E-state index in [4.69, 9.17) is 5.73 Å². The van der Waals surface area contributed by atoms with Gasteiger partial charge in [0.15, 0.2) is 0 Å². The van der Waals surface area contributed by atoms with Gasteiger partial charge < -0.3 is 10.6 Å². The fraction of sp³-hybridized carbons (Fsp3) is 1.00. The number of nitrogens with two attached hydrogens (primary N) is 1. The molecule has 1 saturated carbocycles. The van der Waals surface area contributed by atoms with Crippen LogP contribution in [-0.4, -0.2) is 30.6 Å². The van der Waals surface area contributed by atoms with Crippen molar-refractivity contribution in [1.29, 1.82) is 0 Å². The molecule has 0 aromatic heterocycles. The second kappa shape index (κ2) is 6.91. The zero-order chi connectivity index (χ0) is 13.0. The molecule has 1 saturated heterocycles. The predicted molar refractivity (Wildman–Crippen MR) is 78.6 cm³/mol. The van der Waals surface area contributed by atoms with Gasteiger partial charge in [0.05, 0.1) is 0 Å². The highest BCUT2D eigenvalue weighted by Crippen LogP contribution is 2.34. The standard InChI is InChI=1S/C16H32N2/c1-3-4-14-7-9-18(10-8-14)16-11-13(2)5-6-15(16)12-17/h13-16H,3-12,17H2,1-2H3. The Morgan fingerprint density at radius 2 is 1.83 bits per heavy atom.